The monoisotopic (exact) mass is 381 g/mol. The molecule has 3 N–H and O–H groups in total. The SMILES string of the molecule is C[C@H]1[C@H](C(C)(C)F)[C@@H](CCO)O[C@H]1CCc1ccc(NC(=O)[C@H](C)O)cc1. The number of carbonyl (C=O) groups excluding carboxylic acids is 1. The van der Waals surface area contributed by atoms with Crippen LogP contribution in [0.25, 0.3) is 0 Å². The molecule has 5 nitrogen and oxygen atoms in total. The first-order valence-electron chi connectivity index (χ1n) is 9.66. The largest absolute Gasteiger partial charge is 0.396 e. The number of ether oxygens (including phenoxy) is 1. The van der Waals surface area contributed by atoms with Gasteiger partial charge in [0.05, 0.1) is 12.2 Å². The lowest BCUT2D eigenvalue weighted by molar-refractivity contribution is -0.123. The fraction of sp³-hybridized carbons (Fsp3) is 0.667. The maximum Gasteiger partial charge on any atom is 0.252 e. The molecule has 1 heterocycles. The van der Waals surface area contributed by atoms with Crippen LogP contribution in [0.1, 0.15) is 46.1 Å². The summed E-state index contributed by atoms with van der Waals surface area (Å²) < 4.78 is 20.7. The fourth-order valence-corrected chi connectivity index (χ4v) is 4.09. The van der Waals surface area contributed by atoms with Gasteiger partial charge in [-0.15, -0.1) is 0 Å². The third kappa shape index (κ3) is 5.74. The van der Waals surface area contributed by atoms with Crippen LogP contribution in [0.3, 0.4) is 0 Å². The third-order valence-electron chi connectivity index (χ3n) is 5.43. The van der Waals surface area contributed by atoms with Crippen LogP contribution in [0.5, 0.6) is 0 Å². The molecule has 0 aromatic heterocycles. The summed E-state index contributed by atoms with van der Waals surface area (Å²) in [5, 5.41) is 21.1. The molecule has 6 heteroatoms. The number of carbonyl (C=O) groups is 1. The number of rotatable bonds is 8. The molecule has 0 bridgehead atoms. The molecule has 0 unspecified atom stereocenters. The van der Waals surface area contributed by atoms with Crippen LogP contribution in [-0.2, 0) is 16.0 Å². The van der Waals surface area contributed by atoms with E-state index in [9.17, 15) is 19.4 Å². The van der Waals surface area contributed by atoms with E-state index >= 15 is 0 Å². The number of benzene rings is 1. The molecule has 0 spiro atoms. The minimum absolute atomic E-state index is 0.00364. The van der Waals surface area contributed by atoms with Crippen molar-refractivity contribution in [2.24, 2.45) is 11.8 Å². The fourth-order valence-electron chi connectivity index (χ4n) is 4.09. The van der Waals surface area contributed by atoms with Crippen LogP contribution in [0, 0.1) is 11.8 Å². The van der Waals surface area contributed by atoms with Gasteiger partial charge in [0.15, 0.2) is 0 Å². The molecule has 1 saturated heterocycles. The van der Waals surface area contributed by atoms with E-state index in [0.29, 0.717) is 12.1 Å². The number of aryl methyl sites for hydroxylation is 1. The Kier molecular flexibility index (Phi) is 7.37. The highest BCUT2D eigenvalue weighted by atomic mass is 19.1. The lowest BCUT2D eigenvalue weighted by Gasteiger charge is -2.30. The summed E-state index contributed by atoms with van der Waals surface area (Å²) in [5.41, 5.74) is 0.387. The Balaban J connectivity index is 1.95. The van der Waals surface area contributed by atoms with Gasteiger partial charge >= 0.3 is 0 Å². The second-order valence-corrected chi connectivity index (χ2v) is 8.08. The maximum absolute atomic E-state index is 14.6. The highest BCUT2D eigenvalue weighted by Gasteiger charge is 2.48. The maximum atomic E-state index is 14.6. The Morgan fingerprint density at radius 3 is 2.41 bits per heavy atom. The molecular formula is C21H32FNO4. The van der Waals surface area contributed by atoms with Crippen molar-refractivity contribution in [3.63, 3.8) is 0 Å². The smallest absolute Gasteiger partial charge is 0.252 e. The summed E-state index contributed by atoms with van der Waals surface area (Å²) in [4.78, 5) is 11.5. The van der Waals surface area contributed by atoms with Crippen LogP contribution >= 0.6 is 0 Å². The first-order chi connectivity index (χ1) is 12.6. The van der Waals surface area contributed by atoms with E-state index < -0.39 is 17.7 Å². The van der Waals surface area contributed by atoms with Gasteiger partial charge in [-0.2, -0.15) is 0 Å². The van der Waals surface area contributed by atoms with E-state index in [-0.39, 0.29) is 30.7 Å². The Morgan fingerprint density at radius 1 is 1.26 bits per heavy atom. The first kappa shape index (κ1) is 21.8. The van der Waals surface area contributed by atoms with Crippen LogP contribution < -0.4 is 5.32 Å². The quantitative estimate of drug-likeness (QED) is 0.647. The number of aliphatic hydroxyl groups excluding tert-OH is 2. The lowest BCUT2D eigenvalue weighted by atomic mass is 9.77. The van der Waals surface area contributed by atoms with Gasteiger partial charge < -0.3 is 20.3 Å². The molecule has 5 atom stereocenters. The summed E-state index contributed by atoms with van der Waals surface area (Å²) in [7, 11) is 0. The van der Waals surface area contributed by atoms with Gasteiger partial charge in [0, 0.05) is 18.2 Å². The Morgan fingerprint density at radius 2 is 1.89 bits per heavy atom. The van der Waals surface area contributed by atoms with Gasteiger partial charge in [0.2, 0.25) is 0 Å². The van der Waals surface area contributed by atoms with E-state index in [1.165, 1.54) is 6.92 Å². The average Bonchev–Trinajstić information content (AvgIpc) is 2.90. The zero-order valence-corrected chi connectivity index (χ0v) is 16.6. The van der Waals surface area contributed by atoms with Gasteiger partial charge in [-0.25, -0.2) is 4.39 Å². The Labute approximate surface area is 160 Å². The zero-order chi connectivity index (χ0) is 20.2. The highest BCUT2D eigenvalue weighted by molar-refractivity contribution is 5.93. The summed E-state index contributed by atoms with van der Waals surface area (Å²) in [6, 6.07) is 7.46. The van der Waals surface area contributed by atoms with Crippen molar-refractivity contribution in [2.45, 2.75) is 70.9 Å². The number of nitrogens with one attached hydrogen (secondary N) is 1. The van der Waals surface area contributed by atoms with Crippen molar-refractivity contribution >= 4 is 11.6 Å². The van der Waals surface area contributed by atoms with Gasteiger partial charge in [0.25, 0.3) is 5.91 Å². The van der Waals surface area contributed by atoms with Gasteiger partial charge in [-0.1, -0.05) is 19.1 Å². The predicted octanol–water partition coefficient (Wildman–Crippen LogP) is 3.09. The molecular weight excluding hydrogens is 349 g/mol. The van der Waals surface area contributed by atoms with Crippen LogP contribution in [0.2, 0.25) is 0 Å². The number of aliphatic hydroxyl groups is 2. The summed E-state index contributed by atoms with van der Waals surface area (Å²) in [6.45, 7) is 6.62. The summed E-state index contributed by atoms with van der Waals surface area (Å²) in [5.74, 6) is -0.593. The molecule has 1 aliphatic heterocycles. The molecule has 0 saturated carbocycles. The Hall–Kier alpha value is -1.50. The number of amides is 1. The third-order valence-corrected chi connectivity index (χ3v) is 5.43. The molecule has 152 valence electrons. The standard InChI is InChI=1S/C21H32FNO4/c1-13-17(27-18(11-12-24)19(13)21(3,4)22)10-7-15-5-8-16(9-6-15)23-20(26)14(2)25/h5-6,8-9,13-14,17-19,24-25H,7,10-12H2,1-4H3,(H,23,26)/t13-,14+,17+,18-,19+/m1/s1. The molecule has 1 amide bonds. The van der Waals surface area contributed by atoms with Crippen molar-refractivity contribution in [1.29, 1.82) is 0 Å². The molecule has 27 heavy (non-hydrogen) atoms. The minimum atomic E-state index is -1.35. The van der Waals surface area contributed by atoms with Crippen LogP contribution in [0.4, 0.5) is 10.1 Å². The van der Waals surface area contributed by atoms with E-state index in [1.807, 2.05) is 19.1 Å². The lowest BCUT2D eigenvalue weighted by Crippen LogP contribution is -2.37. The van der Waals surface area contributed by atoms with Crippen molar-refractivity contribution in [1.82, 2.24) is 0 Å². The molecule has 0 radical (unpaired) electrons. The minimum Gasteiger partial charge on any atom is -0.396 e. The Bertz CT molecular complexity index is 612. The predicted molar refractivity (Wildman–Crippen MR) is 103 cm³/mol. The van der Waals surface area contributed by atoms with Crippen LogP contribution in [-0.4, -0.2) is 46.7 Å². The number of alkyl halides is 1. The molecule has 0 aliphatic carbocycles. The number of halogens is 1. The first-order valence-corrected chi connectivity index (χ1v) is 9.66. The van der Waals surface area contributed by atoms with E-state index in [0.717, 1.165) is 18.4 Å². The van der Waals surface area contributed by atoms with Gasteiger partial charge in [-0.05, 0) is 63.6 Å². The molecule has 1 fully saturated rings. The zero-order valence-electron chi connectivity index (χ0n) is 16.6. The average molecular weight is 381 g/mol. The second-order valence-electron chi connectivity index (χ2n) is 8.08. The molecule has 1 aromatic rings. The molecule has 1 aliphatic rings. The van der Waals surface area contributed by atoms with Crippen molar-refractivity contribution in [3.05, 3.63) is 29.8 Å². The summed E-state index contributed by atoms with van der Waals surface area (Å²) >= 11 is 0. The number of hydrogen-bond donors (Lipinski definition) is 3. The van der Waals surface area contributed by atoms with Gasteiger partial charge in [-0.3, -0.25) is 4.79 Å². The van der Waals surface area contributed by atoms with E-state index in [2.05, 4.69) is 5.32 Å². The number of hydrogen-bond acceptors (Lipinski definition) is 4. The second kappa shape index (κ2) is 9.13. The summed E-state index contributed by atoms with van der Waals surface area (Å²) in [6.07, 6.45) is 0.658. The van der Waals surface area contributed by atoms with E-state index in [4.69, 9.17) is 4.74 Å². The normalized spacial score (nSPS) is 26.8. The molecule has 1 aromatic carbocycles. The molecule has 2 rings (SSSR count). The van der Waals surface area contributed by atoms with Crippen molar-refractivity contribution in [2.75, 3.05) is 11.9 Å². The van der Waals surface area contributed by atoms with E-state index in [1.54, 1.807) is 26.0 Å². The number of anilines is 1. The van der Waals surface area contributed by atoms with Crippen LogP contribution in [0.15, 0.2) is 24.3 Å². The van der Waals surface area contributed by atoms with Crippen molar-refractivity contribution in [3.8, 4) is 0 Å². The van der Waals surface area contributed by atoms with Gasteiger partial charge in [0.1, 0.15) is 11.8 Å². The van der Waals surface area contributed by atoms with Crippen molar-refractivity contribution < 1.29 is 24.1 Å². The highest BCUT2D eigenvalue weighted by Crippen LogP contribution is 2.43. The topological polar surface area (TPSA) is 78.8 Å².